The Morgan fingerprint density at radius 3 is 2.22 bits per heavy atom. The number of aromatic nitrogens is 2. The van der Waals surface area contributed by atoms with Crippen LogP contribution in [0.5, 0.6) is 0 Å². The lowest BCUT2D eigenvalue weighted by molar-refractivity contribution is 0.297. The minimum atomic E-state index is 0.556. The van der Waals surface area contributed by atoms with Gasteiger partial charge in [0, 0.05) is 18.3 Å². The summed E-state index contributed by atoms with van der Waals surface area (Å²) in [5.74, 6) is 2.53. The first kappa shape index (κ1) is 19.5. The molecule has 1 aliphatic rings. The summed E-state index contributed by atoms with van der Waals surface area (Å²) < 4.78 is 0. The Labute approximate surface area is 163 Å². The Hall–Kier alpha value is -2.21. The van der Waals surface area contributed by atoms with E-state index in [-0.39, 0.29) is 0 Å². The molecule has 3 nitrogen and oxygen atoms in total. The van der Waals surface area contributed by atoms with Crippen LogP contribution in [0.1, 0.15) is 86.7 Å². The Morgan fingerprint density at radius 1 is 0.926 bits per heavy atom. The van der Waals surface area contributed by atoms with Crippen LogP contribution in [-0.2, 0) is 12.8 Å². The lowest BCUT2D eigenvalue weighted by atomic mass is 9.79. The molecule has 0 unspecified atom stereocenters. The third-order valence-electron chi connectivity index (χ3n) is 5.94. The normalized spacial score (nSPS) is 19.6. The number of rotatable bonds is 8. The van der Waals surface area contributed by atoms with Gasteiger partial charge in [0.15, 0.2) is 0 Å². The number of nitrogens with zero attached hydrogens (tertiary/aromatic N) is 3. The third kappa shape index (κ3) is 5.89. The zero-order valence-corrected chi connectivity index (χ0v) is 16.5. The molecule has 1 heterocycles. The molecule has 1 aliphatic carbocycles. The van der Waals surface area contributed by atoms with E-state index in [1.807, 2.05) is 36.7 Å². The summed E-state index contributed by atoms with van der Waals surface area (Å²) in [4.78, 5) is 9.38. The summed E-state index contributed by atoms with van der Waals surface area (Å²) in [5.41, 5.74) is 3.15. The van der Waals surface area contributed by atoms with Crippen molar-refractivity contribution >= 4 is 0 Å². The SMILES string of the molecule is CCCCCC1CCC(c2ncc(CCc3ccc(C#N)cc3)cn2)CC1. The first-order valence-electron chi connectivity index (χ1n) is 10.6. The molecule has 0 atom stereocenters. The first-order valence-corrected chi connectivity index (χ1v) is 10.6. The van der Waals surface area contributed by atoms with E-state index in [0.29, 0.717) is 11.5 Å². The highest BCUT2D eigenvalue weighted by Gasteiger charge is 2.23. The zero-order chi connectivity index (χ0) is 18.9. The van der Waals surface area contributed by atoms with Gasteiger partial charge in [0.2, 0.25) is 0 Å². The van der Waals surface area contributed by atoms with Gasteiger partial charge in [0.05, 0.1) is 11.6 Å². The molecule has 1 fully saturated rings. The maximum absolute atomic E-state index is 8.87. The highest BCUT2D eigenvalue weighted by atomic mass is 14.9. The second-order valence-corrected chi connectivity index (χ2v) is 7.97. The van der Waals surface area contributed by atoms with Crippen LogP contribution < -0.4 is 0 Å². The lowest BCUT2D eigenvalue weighted by Crippen LogP contribution is -2.15. The molecule has 0 amide bonds. The van der Waals surface area contributed by atoms with Crippen LogP contribution in [0.15, 0.2) is 36.7 Å². The smallest absolute Gasteiger partial charge is 0.131 e. The molecule has 0 radical (unpaired) electrons. The van der Waals surface area contributed by atoms with Crippen molar-refractivity contribution in [3.8, 4) is 6.07 Å². The lowest BCUT2D eigenvalue weighted by Gasteiger charge is -2.27. The fraction of sp³-hybridized carbons (Fsp3) is 0.542. The van der Waals surface area contributed by atoms with Crippen LogP contribution in [0.4, 0.5) is 0 Å². The second kappa shape index (κ2) is 10.2. The average Bonchev–Trinajstić information content (AvgIpc) is 2.74. The highest BCUT2D eigenvalue weighted by molar-refractivity contribution is 5.31. The third-order valence-corrected chi connectivity index (χ3v) is 5.94. The van der Waals surface area contributed by atoms with E-state index in [1.54, 1.807) is 0 Å². The summed E-state index contributed by atoms with van der Waals surface area (Å²) in [5, 5.41) is 8.87. The van der Waals surface area contributed by atoms with Gasteiger partial charge in [-0.15, -0.1) is 0 Å². The number of hydrogen-bond donors (Lipinski definition) is 0. The van der Waals surface area contributed by atoms with Crippen molar-refractivity contribution in [3.05, 3.63) is 59.2 Å². The van der Waals surface area contributed by atoms with E-state index in [2.05, 4.69) is 23.0 Å². The van der Waals surface area contributed by atoms with Gasteiger partial charge >= 0.3 is 0 Å². The van der Waals surface area contributed by atoms with Crippen molar-refractivity contribution in [2.24, 2.45) is 5.92 Å². The molecule has 2 aromatic rings. The van der Waals surface area contributed by atoms with Crippen molar-refractivity contribution in [3.63, 3.8) is 0 Å². The van der Waals surface area contributed by atoms with Crippen LogP contribution in [0.2, 0.25) is 0 Å². The van der Waals surface area contributed by atoms with E-state index < -0.39 is 0 Å². The van der Waals surface area contributed by atoms with Crippen LogP contribution in [0, 0.1) is 17.2 Å². The van der Waals surface area contributed by atoms with Gasteiger partial charge in [-0.25, -0.2) is 9.97 Å². The van der Waals surface area contributed by atoms with Crippen LogP contribution in [0.3, 0.4) is 0 Å². The van der Waals surface area contributed by atoms with E-state index in [0.717, 1.165) is 24.6 Å². The molecule has 1 aromatic carbocycles. The van der Waals surface area contributed by atoms with Gasteiger partial charge in [-0.1, -0.05) is 44.7 Å². The van der Waals surface area contributed by atoms with Gasteiger partial charge in [0.25, 0.3) is 0 Å². The quantitative estimate of drug-likeness (QED) is 0.543. The Balaban J connectivity index is 1.45. The van der Waals surface area contributed by atoms with Gasteiger partial charge in [-0.3, -0.25) is 0 Å². The molecular formula is C24H31N3. The van der Waals surface area contributed by atoms with Gasteiger partial charge in [-0.2, -0.15) is 5.26 Å². The van der Waals surface area contributed by atoms with Gasteiger partial charge < -0.3 is 0 Å². The van der Waals surface area contributed by atoms with Gasteiger partial charge in [-0.05, 0) is 67.7 Å². The number of nitriles is 1. The maximum atomic E-state index is 8.87. The predicted octanol–water partition coefficient (Wildman–Crippen LogP) is 5.99. The maximum Gasteiger partial charge on any atom is 0.131 e. The van der Waals surface area contributed by atoms with E-state index in [1.165, 1.54) is 62.5 Å². The Bertz CT molecular complexity index is 720. The molecule has 3 heteroatoms. The number of unbranched alkanes of at least 4 members (excludes halogenated alkanes) is 2. The number of benzene rings is 1. The topological polar surface area (TPSA) is 49.6 Å². The highest BCUT2D eigenvalue weighted by Crippen LogP contribution is 2.36. The second-order valence-electron chi connectivity index (χ2n) is 7.97. The van der Waals surface area contributed by atoms with E-state index >= 15 is 0 Å². The largest absolute Gasteiger partial charge is 0.241 e. The molecule has 0 spiro atoms. The van der Waals surface area contributed by atoms with E-state index in [9.17, 15) is 0 Å². The van der Waals surface area contributed by atoms with Gasteiger partial charge in [0.1, 0.15) is 5.82 Å². The van der Waals surface area contributed by atoms with Crippen LogP contribution in [0.25, 0.3) is 0 Å². The summed E-state index contributed by atoms with van der Waals surface area (Å²) in [7, 11) is 0. The minimum Gasteiger partial charge on any atom is -0.241 e. The molecule has 0 N–H and O–H groups in total. The molecule has 27 heavy (non-hydrogen) atoms. The van der Waals surface area contributed by atoms with Crippen molar-refractivity contribution in [2.75, 3.05) is 0 Å². The molecule has 0 aliphatic heterocycles. The fourth-order valence-electron chi connectivity index (χ4n) is 4.13. The fourth-order valence-corrected chi connectivity index (χ4v) is 4.13. The molecular weight excluding hydrogens is 330 g/mol. The summed E-state index contributed by atoms with van der Waals surface area (Å²) >= 11 is 0. The Kier molecular flexibility index (Phi) is 7.39. The van der Waals surface area contributed by atoms with Crippen molar-refractivity contribution < 1.29 is 0 Å². The van der Waals surface area contributed by atoms with Crippen LogP contribution in [-0.4, -0.2) is 9.97 Å². The van der Waals surface area contributed by atoms with Crippen LogP contribution >= 0.6 is 0 Å². The summed E-state index contributed by atoms with van der Waals surface area (Å²) in [6.45, 7) is 2.28. The standard InChI is InChI=1S/C24H31N3/c1-2-3-4-5-19-12-14-23(15-13-19)24-26-17-22(18-27-24)11-8-20-6-9-21(16-25)10-7-20/h6-7,9-10,17-19,23H,2-5,8,11-15H2,1H3. The first-order chi connectivity index (χ1) is 13.3. The molecule has 142 valence electrons. The van der Waals surface area contributed by atoms with E-state index in [4.69, 9.17) is 5.26 Å². The summed E-state index contributed by atoms with van der Waals surface area (Å²) in [6.07, 6.45) is 16.6. The molecule has 1 aromatic heterocycles. The monoisotopic (exact) mass is 361 g/mol. The Morgan fingerprint density at radius 2 is 1.59 bits per heavy atom. The minimum absolute atomic E-state index is 0.556. The number of aryl methyl sites for hydroxylation is 2. The molecule has 0 bridgehead atoms. The van der Waals surface area contributed by atoms with Crippen molar-refractivity contribution in [1.82, 2.24) is 9.97 Å². The predicted molar refractivity (Wildman–Crippen MR) is 109 cm³/mol. The van der Waals surface area contributed by atoms with Crippen molar-refractivity contribution in [2.45, 2.75) is 77.0 Å². The average molecular weight is 362 g/mol. The molecule has 0 saturated heterocycles. The molecule has 3 rings (SSSR count). The zero-order valence-electron chi connectivity index (χ0n) is 16.5. The van der Waals surface area contributed by atoms with Crippen molar-refractivity contribution in [1.29, 1.82) is 5.26 Å². The number of hydrogen-bond acceptors (Lipinski definition) is 3. The molecule has 1 saturated carbocycles. The summed E-state index contributed by atoms with van der Waals surface area (Å²) in [6, 6.07) is 9.99.